The van der Waals surface area contributed by atoms with Crippen molar-refractivity contribution < 1.29 is 0 Å². The summed E-state index contributed by atoms with van der Waals surface area (Å²) in [6.07, 6.45) is 9.49. The molecule has 2 aromatic rings. The maximum atomic E-state index is 2.52. The van der Waals surface area contributed by atoms with Gasteiger partial charge in [0.1, 0.15) is 0 Å². The molecule has 0 N–H and O–H groups in total. The van der Waals surface area contributed by atoms with Crippen LogP contribution in [0.4, 0.5) is 0 Å². The van der Waals surface area contributed by atoms with E-state index in [-0.39, 0.29) is 5.41 Å². The molecular weight excluding hydrogens is 299 g/mol. The maximum absolute atomic E-state index is 2.52. The summed E-state index contributed by atoms with van der Waals surface area (Å²) in [4.78, 5) is 0. The van der Waals surface area contributed by atoms with Gasteiger partial charge < -0.3 is 0 Å². The summed E-state index contributed by atoms with van der Waals surface area (Å²) in [7, 11) is 0. The lowest BCUT2D eigenvalue weighted by molar-refractivity contribution is 0.588. The number of fused-ring (bicyclic) bond motifs is 3. The van der Waals surface area contributed by atoms with E-state index in [1.807, 2.05) is 0 Å². The number of hydrogen-bond donors (Lipinski definition) is 0. The molecule has 0 saturated heterocycles. The summed E-state index contributed by atoms with van der Waals surface area (Å²) in [5.41, 5.74) is 12.8. The summed E-state index contributed by atoms with van der Waals surface area (Å²) in [6.45, 7) is 7.48. The van der Waals surface area contributed by atoms with E-state index in [1.54, 1.807) is 33.1 Å². The molecule has 2 aliphatic heterocycles. The van der Waals surface area contributed by atoms with Crippen LogP contribution in [0.5, 0.6) is 0 Å². The molecule has 0 unspecified atom stereocenters. The van der Waals surface area contributed by atoms with Crippen molar-refractivity contribution in [2.45, 2.75) is 51.9 Å². The van der Waals surface area contributed by atoms with E-state index in [0.717, 1.165) is 12.8 Å². The van der Waals surface area contributed by atoms with E-state index < -0.39 is 0 Å². The van der Waals surface area contributed by atoms with Crippen molar-refractivity contribution in [2.24, 2.45) is 0 Å². The summed E-state index contributed by atoms with van der Waals surface area (Å²) in [5, 5.41) is 0. The van der Waals surface area contributed by atoms with E-state index in [1.165, 1.54) is 24.0 Å². The fourth-order valence-electron chi connectivity index (χ4n) is 4.99. The van der Waals surface area contributed by atoms with Crippen LogP contribution in [0.2, 0.25) is 0 Å². The van der Waals surface area contributed by atoms with Crippen molar-refractivity contribution in [3.05, 3.63) is 81.8 Å². The SMILES string of the molecule is CC(C)(C)c1cc2c3c(c1)Cc1ccccc1B3C1=C(CCC=C1)C2. The van der Waals surface area contributed by atoms with Gasteiger partial charge in [-0.3, -0.25) is 0 Å². The van der Waals surface area contributed by atoms with Gasteiger partial charge in [0.15, 0.2) is 0 Å². The van der Waals surface area contributed by atoms with Gasteiger partial charge in [-0.15, -0.1) is 0 Å². The Bertz CT molecular complexity index is 937. The molecule has 2 heterocycles. The average Bonchev–Trinajstić information content (AvgIpc) is 2.60. The van der Waals surface area contributed by atoms with Crippen molar-refractivity contribution in [3.63, 3.8) is 0 Å². The average molecular weight is 324 g/mol. The highest BCUT2D eigenvalue weighted by molar-refractivity contribution is 6.93. The van der Waals surface area contributed by atoms with Crippen molar-refractivity contribution in [1.29, 1.82) is 0 Å². The highest BCUT2D eigenvalue weighted by Gasteiger charge is 2.38. The second-order valence-corrected chi connectivity index (χ2v) is 8.94. The van der Waals surface area contributed by atoms with Crippen LogP contribution < -0.4 is 10.9 Å². The van der Waals surface area contributed by atoms with Gasteiger partial charge in [-0.25, -0.2) is 0 Å². The third-order valence-electron chi connectivity index (χ3n) is 6.29. The van der Waals surface area contributed by atoms with Crippen molar-refractivity contribution in [1.82, 2.24) is 0 Å². The Balaban J connectivity index is 1.80. The van der Waals surface area contributed by atoms with Crippen LogP contribution in [-0.4, -0.2) is 6.71 Å². The minimum Gasteiger partial charge on any atom is -0.0847 e. The Morgan fingerprint density at radius 3 is 2.48 bits per heavy atom. The minimum absolute atomic E-state index is 0.207. The normalized spacial score (nSPS) is 18.0. The lowest BCUT2D eigenvalue weighted by Gasteiger charge is -2.37. The molecular formula is C24H25B. The Labute approximate surface area is 151 Å². The van der Waals surface area contributed by atoms with Gasteiger partial charge in [-0.2, -0.15) is 0 Å². The first-order valence-electron chi connectivity index (χ1n) is 9.65. The summed E-state index contributed by atoms with van der Waals surface area (Å²) in [5.74, 6) is 0. The first-order valence-corrected chi connectivity index (χ1v) is 9.65. The van der Waals surface area contributed by atoms with Gasteiger partial charge in [0, 0.05) is 0 Å². The van der Waals surface area contributed by atoms with Gasteiger partial charge in [0.05, 0.1) is 0 Å². The molecule has 0 saturated carbocycles. The number of allylic oxidation sites excluding steroid dienone is 4. The lowest BCUT2D eigenvalue weighted by Crippen LogP contribution is -2.54. The van der Waals surface area contributed by atoms with Crippen LogP contribution in [0.25, 0.3) is 0 Å². The second kappa shape index (κ2) is 5.24. The van der Waals surface area contributed by atoms with E-state index >= 15 is 0 Å². The topological polar surface area (TPSA) is 0 Å². The third-order valence-corrected chi connectivity index (χ3v) is 6.29. The predicted octanol–water partition coefficient (Wildman–Crippen LogP) is 4.24. The van der Waals surface area contributed by atoms with Gasteiger partial charge in [-0.1, -0.05) is 91.3 Å². The Hall–Kier alpha value is -2.02. The molecule has 0 aromatic heterocycles. The second-order valence-electron chi connectivity index (χ2n) is 8.94. The molecule has 5 rings (SSSR count). The monoisotopic (exact) mass is 324 g/mol. The standard InChI is InChI=1S/C24H25B/c1-24(2,3)20-14-18-12-16-8-4-6-10-21(16)25-22-11-7-5-9-17(22)13-19(15-20)23(18)25/h4,6-8,10-11,14-15H,5,9,12-13H2,1-3H3. The van der Waals surface area contributed by atoms with Crippen molar-refractivity contribution in [2.75, 3.05) is 0 Å². The van der Waals surface area contributed by atoms with Gasteiger partial charge >= 0.3 is 0 Å². The van der Waals surface area contributed by atoms with Crippen LogP contribution in [0.1, 0.15) is 55.9 Å². The fourth-order valence-corrected chi connectivity index (χ4v) is 4.99. The molecule has 0 radical (unpaired) electrons. The molecule has 0 nitrogen and oxygen atoms in total. The van der Waals surface area contributed by atoms with Crippen molar-refractivity contribution in [3.8, 4) is 0 Å². The lowest BCUT2D eigenvalue weighted by atomic mass is 9.30. The smallest absolute Gasteiger partial charge is 0.0847 e. The molecule has 1 aliphatic carbocycles. The molecule has 0 bridgehead atoms. The summed E-state index contributed by atoms with van der Waals surface area (Å²) >= 11 is 0. The predicted molar refractivity (Wildman–Crippen MR) is 109 cm³/mol. The molecule has 0 spiro atoms. The first-order chi connectivity index (χ1) is 12.0. The largest absolute Gasteiger partial charge is 0.242 e. The number of benzene rings is 2. The number of hydrogen-bond acceptors (Lipinski definition) is 0. The van der Waals surface area contributed by atoms with E-state index in [2.05, 4.69) is 69.3 Å². The van der Waals surface area contributed by atoms with Crippen LogP contribution in [0, 0.1) is 0 Å². The third kappa shape index (κ3) is 2.29. The molecule has 0 fully saturated rings. The molecule has 0 atom stereocenters. The zero-order valence-electron chi connectivity index (χ0n) is 15.5. The van der Waals surface area contributed by atoms with E-state index in [4.69, 9.17) is 0 Å². The van der Waals surface area contributed by atoms with E-state index in [0.29, 0.717) is 6.71 Å². The zero-order chi connectivity index (χ0) is 17.2. The molecule has 1 heteroatoms. The van der Waals surface area contributed by atoms with Crippen LogP contribution in [0.15, 0.2) is 59.6 Å². The molecule has 124 valence electrons. The van der Waals surface area contributed by atoms with Crippen LogP contribution >= 0.6 is 0 Å². The highest BCUT2D eigenvalue weighted by Crippen LogP contribution is 2.34. The Morgan fingerprint density at radius 2 is 1.68 bits per heavy atom. The molecule has 0 amide bonds. The molecule has 2 aromatic carbocycles. The maximum Gasteiger partial charge on any atom is 0.242 e. The fraction of sp³-hybridized carbons (Fsp3) is 0.333. The Kier molecular flexibility index (Phi) is 3.20. The van der Waals surface area contributed by atoms with Crippen LogP contribution in [0.3, 0.4) is 0 Å². The zero-order valence-corrected chi connectivity index (χ0v) is 15.5. The Morgan fingerprint density at radius 1 is 0.920 bits per heavy atom. The molecule has 3 aliphatic rings. The number of rotatable bonds is 0. The molecule has 25 heavy (non-hydrogen) atoms. The van der Waals surface area contributed by atoms with Gasteiger partial charge in [0.2, 0.25) is 6.71 Å². The minimum atomic E-state index is 0.207. The summed E-state index contributed by atoms with van der Waals surface area (Å²) in [6, 6.07) is 14.1. The van der Waals surface area contributed by atoms with Crippen LogP contribution in [-0.2, 0) is 18.3 Å². The first kappa shape index (κ1) is 15.3. The van der Waals surface area contributed by atoms with Gasteiger partial charge in [-0.05, 0) is 53.4 Å². The van der Waals surface area contributed by atoms with E-state index in [9.17, 15) is 0 Å². The highest BCUT2D eigenvalue weighted by atomic mass is 14.3. The quantitative estimate of drug-likeness (QED) is 0.636. The summed E-state index contributed by atoms with van der Waals surface area (Å²) < 4.78 is 0. The van der Waals surface area contributed by atoms with Crippen molar-refractivity contribution >= 4 is 17.6 Å². The van der Waals surface area contributed by atoms with Gasteiger partial charge in [0.25, 0.3) is 0 Å².